The molecule has 38 heavy (non-hydrogen) atoms. The summed E-state index contributed by atoms with van der Waals surface area (Å²) in [6, 6.07) is 10.3. The minimum atomic E-state index is -0.533. The maximum Gasteiger partial charge on any atom is 0.410 e. The van der Waals surface area contributed by atoms with Crippen molar-refractivity contribution in [2.24, 2.45) is 0 Å². The van der Waals surface area contributed by atoms with Crippen molar-refractivity contribution in [3.05, 3.63) is 60.0 Å². The number of pyridine rings is 1. The van der Waals surface area contributed by atoms with Crippen molar-refractivity contribution in [1.82, 2.24) is 19.7 Å². The molecule has 3 aromatic rings. The maximum absolute atomic E-state index is 12.5. The number of rotatable bonds is 6. The number of hydrogen-bond acceptors (Lipinski definition) is 6. The Kier molecular flexibility index (Phi) is 7.76. The first-order chi connectivity index (χ1) is 17.9. The van der Waals surface area contributed by atoms with Crippen LogP contribution >= 0.6 is 0 Å². The first-order valence-corrected chi connectivity index (χ1v) is 13.0. The number of ether oxygens (including phenoxy) is 1. The number of carbonyl (C=O) groups excluding carboxylic acids is 2. The smallest absolute Gasteiger partial charge is 0.410 e. The molecule has 2 aromatic heterocycles. The molecule has 202 valence electrons. The quantitative estimate of drug-likeness (QED) is 0.469. The maximum atomic E-state index is 12.5. The minimum absolute atomic E-state index is 0.00304. The molecule has 9 heteroatoms. The topological polar surface area (TPSA) is 92.6 Å². The Hall–Kier alpha value is -3.88. The van der Waals surface area contributed by atoms with Crippen molar-refractivity contribution in [2.45, 2.75) is 72.2 Å². The van der Waals surface area contributed by atoms with Gasteiger partial charge in [-0.1, -0.05) is 12.1 Å². The second-order valence-corrected chi connectivity index (χ2v) is 11.1. The average molecular weight is 519 g/mol. The van der Waals surface area contributed by atoms with Crippen LogP contribution in [-0.4, -0.2) is 56.9 Å². The molecule has 0 bridgehead atoms. The lowest BCUT2D eigenvalue weighted by Crippen LogP contribution is -2.43. The summed E-state index contributed by atoms with van der Waals surface area (Å²) in [5.74, 6) is 0.836. The Balaban J connectivity index is 1.55. The van der Waals surface area contributed by atoms with Crippen LogP contribution in [-0.2, 0) is 16.1 Å². The summed E-state index contributed by atoms with van der Waals surface area (Å²) in [6.45, 7) is 12.3. The van der Waals surface area contributed by atoms with Gasteiger partial charge in [0, 0.05) is 50.2 Å². The van der Waals surface area contributed by atoms with Crippen LogP contribution in [0.4, 0.5) is 16.3 Å². The molecule has 0 radical (unpaired) electrons. The van der Waals surface area contributed by atoms with Crippen LogP contribution in [0.3, 0.4) is 0 Å². The molecule has 0 aliphatic carbocycles. The lowest BCUT2D eigenvalue weighted by molar-refractivity contribution is -0.117. The van der Waals surface area contributed by atoms with Gasteiger partial charge in [-0.05, 0) is 75.9 Å². The standard InChI is InChI=1S/C29H38N6O3/c1-19-8-11-27(30-16-19)32-25-14-20(2)35(21(3)36)26-10-9-22(15-24(25)26)23-17-31-34(18-23)13-12-33(7)28(37)38-29(4,5)6/h8-11,15-18,20,25H,12-14H2,1-7H3,(H,30,32)/t20-,25+/m0/s1. The SMILES string of the molecule is CC(=O)N1c2ccc(-c3cnn(CCN(C)C(=O)OC(C)(C)C)c3)cc2[C@H](Nc2ccc(C)cn2)C[C@@H]1C. The number of aromatic nitrogens is 3. The van der Waals surface area contributed by atoms with Gasteiger partial charge in [0.1, 0.15) is 11.4 Å². The van der Waals surface area contributed by atoms with Gasteiger partial charge in [0.05, 0.1) is 18.8 Å². The second kappa shape index (κ2) is 10.8. The van der Waals surface area contributed by atoms with Crippen molar-refractivity contribution >= 4 is 23.5 Å². The van der Waals surface area contributed by atoms with E-state index < -0.39 is 5.60 Å². The highest BCUT2D eigenvalue weighted by atomic mass is 16.6. The highest BCUT2D eigenvalue weighted by molar-refractivity contribution is 5.94. The van der Waals surface area contributed by atoms with Gasteiger partial charge in [-0.3, -0.25) is 9.48 Å². The van der Waals surface area contributed by atoms with Gasteiger partial charge >= 0.3 is 6.09 Å². The molecule has 1 aromatic carbocycles. The molecule has 1 aliphatic heterocycles. The molecule has 2 atom stereocenters. The summed E-state index contributed by atoms with van der Waals surface area (Å²) in [6.07, 6.45) is 6.06. The number of hydrogen-bond donors (Lipinski definition) is 1. The zero-order valence-corrected chi connectivity index (χ0v) is 23.4. The average Bonchev–Trinajstić information content (AvgIpc) is 3.31. The van der Waals surface area contributed by atoms with Crippen LogP contribution in [0.2, 0.25) is 0 Å². The summed E-state index contributed by atoms with van der Waals surface area (Å²) in [4.78, 5) is 32.7. The third-order valence-electron chi connectivity index (χ3n) is 6.59. The number of carbonyl (C=O) groups is 2. The highest BCUT2D eigenvalue weighted by Crippen LogP contribution is 2.41. The fourth-order valence-corrected chi connectivity index (χ4v) is 4.71. The molecule has 0 saturated heterocycles. The first kappa shape index (κ1) is 27.2. The monoisotopic (exact) mass is 518 g/mol. The third kappa shape index (κ3) is 6.33. The Morgan fingerprint density at radius 1 is 1.16 bits per heavy atom. The summed E-state index contributed by atoms with van der Waals surface area (Å²) < 4.78 is 7.25. The van der Waals surface area contributed by atoms with Crippen molar-refractivity contribution in [3.63, 3.8) is 0 Å². The number of likely N-dealkylation sites (N-methyl/N-ethyl adjacent to an activating group) is 1. The van der Waals surface area contributed by atoms with Gasteiger partial charge in [0.15, 0.2) is 0 Å². The Labute approximate surface area is 224 Å². The van der Waals surface area contributed by atoms with Gasteiger partial charge < -0.3 is 19.9 Å². The summed E-state index contributed by atoms with van der Waals surface area (Å²) in [5, 5.41) is 8.09. The minimum Gasteiger partial charge on any atom is -0.444 e. The summed E-state index contributed by atoms with van der Waals surface area (Å²) >= 11 is 0. The van der Waals surface area contributed by atoms with Gasteiger partial charge in [-0.15, -0.1) is 0 Å². The number of aryl methyl sites for hydroxylation is 1. The number of nitrogens with one attached hydrogen (secondary N) is 1. The van der Waals surface area contributed by atoms with Gasteiger partial charge in [-0.25, -0.2) is 9.78 Å². The largest absolute Gasteiger partial charge is 0.444 e. The van der Waals surface area contributed by atoms with Crippen molar-refractivity contribution < 1.29 is 14.3 Å². The third-order valence-corrected chi connectivity index (χ3v) is 6.59. The number of nitrogens with zero attached hydrogens (tertiary/aromatic N) is 5. The summed E-state index contributed by atoms with van der Waals surface area (Å²) in [5.41, 5.74) is 4.51. The zero-order chi connectivity index (χ0) is 27.6. The van der Waals surface area contributed by atoms with Crippen LogP contribution in [0, 0.1) is 6.92 Å². The molecule has 1 aliphatic rings. The molecule has 0 unspecified atom stereocenters. The van der Waals surface area contributed by atoms with Crippen molar-refractivity contribution in [2.75, 3.05) is 23.8 Å². The summed E-state index contributed by atoms with van der Waals surface area (Å²) in [7, 11) is 1.72. The van der Waals surface area contributed by atoms with E-state index in [0.717, 1.165) is 40.2 Å². The number of anilines is 2. The van der Waals surface area contributed by atoms with Crippen LogP contribution < -0.4 is 10.2 Å². The molecule has 0 saturated carbocycles. The van der Waals surface area contributed by atoms with Crippen LogP contribution in [0.25, 0.3) is 11.1 Å². The molecule has 1 N–H and O–H groups in total. The Morgan fingerprint density at radius 3 is 2.58 bits per heavy atom. The molecule has 4 rings (SSSR count). The molecular weight excluding hydrogens is 480 g/mol. The molecule has 0 fully saturated rings. The van der Waals surface area contributed by atoms with E-state index in [1.54, 1.807) is 18.9 Å². The van der Waals surface area contributed by atoms with E-state index in [4.69, 9.17) is 4.74 Å². The predicted molar refractivity (Wildman–Crippen MR) is 149 cm³/mol. The molecule has 2 amide bonds. The highest BCUT2D eigenvalue weighted by Gasteiger charge is 2.33. The van der Waals surface area contributed by atoms with Gasteiger partial charge in [-0.2, -0.15) is 5.10 Å². The molecule has 9 nitrogen and oxygen atoms in total. The van der Waals surface area contributed by atoms with Gasteiger partial charge in [0.25, 0.3) is 0 Å². The predicted octanol–water partition coefficient (Wildman–Crippen LogP) is 5.42. The first-order valence-electron chi connectivity index (χ1n) is 13.0. The van der Waals surface area contributed by atoms with E-state index in [1.807, 2.05) is 80.1 Å². The van der Waals surface area contributed by atoms with E-state index in [1.165, 1.54) is 0 Å². The fraction of sp³-hybridized carbons (Fsp3) is 0.448. The fourth-order valence-electron chi connectivity index (χ4n) is 4.71. The Morgan fingerprint density at radius 2 is 1.92 bits per heavy atom. The van der Waals surface area contributed by atoms with Crippen LogP contribution in [0.5, 0.6) is 0 Å². The van der Waals surface area contributed by atoms with E-state index >= 15 is 0 Å². The van der Waals surface area contributed by atoms with E-state index in [2.05, 4.69) is 28.4 Å². The number of amides is 2. The van der Waals surface area contributed by atoms with Crippen LogP contribution in [0.1, 0.15) is 58.2 Å². The van der Waals surface area contributed by atoms with Gasteiger partial charge in [0.2, 0.25) is 5.91 Å². The van der Waals surface area contributed by atoms with E-state index in [0.29, 0.717) is 13.1 Å². The lowest BCUT2D eigenvalue weighted by atomic mass is 9.89. The van der Waals surface area contributed by atoms with Crippen molar-refractivity contribution in [3.8, 4) is 11.1 Å². The van der Waals surface area contributed by atoms with E-state index in [9.17, 15) is 9.59 Å². The normalized spacial score (nSPS) is 17.1. The number of benzene rings is 1. The van der Waals surface area contributed by atoms with Crippen molar-refractivity contribution in [1.29, 1.82) is 0 Å². The number of fused-ring (bicyclic) bond motifs is 1. The Bertz CT molecular complexity index is 1290. The molecule has 0 spiro atoms. The van der Waals surface area contributed by atoms with Crippen LogP contribution in [0.15, 0.2) is 48.9 Å². The van der Waals surface area contributed by atoms with E-state index in [-0.39, 0.29) is 24.1 Å². The zero-order valence-electron chi connectivity index (χ0n) is 23.4. The second-order valence-electron chi connectivity index (χ2n) is 11.1. The lowest BCUT2D eigenvalue weighted by Gasteiger charge is -2.39. The molecular formula is C29H38N6O3. The molecule has 3 heterocycles.